The van der Waals surface area contributed by atoms with Gasteiger partial charge in [-0.25, -0.2) is 9.18 Å². The van der Waals surface area contributed by atoms with E-state index < -0.39 is 11.6 Å². The zero-order valence-electron chi connectivity index (χ0n) is 14.0. The lowest BCUT2D eigenvalue weighted by atomic mass is 9.96. The third-order valence-corrected chi connectivity index (χ3v) is 3.65. The first kappa shape index (κ1) is 17.9. The first-order valence-electron chi connectivity index (χ1n) is 7.73. The maximum Gasteiger partial charge on any atom is 0.315 e. The fourth-order valence-electron chi connectivity index (χ4n) is 2.08. The Kier molecular flexibility index (Phi) is 5.56. The fourth-order valence-corrected chi connectivity index (χ4v) is 2.08. The van der Waals surface area contributed by atoms with Gasteiger partial charge in [0.25, 0.3) is 0 Å². The van der Waals surface area contributed by atoms with Crippen molar-refractivity contribution in [1.82, 2.24) is 15.8 Å². The van der Waals surface area contributed by atoms with Gasteiger partial charge in [0.1, 0.15) is 11.4 Å². The number of carbonyl (C=O) groups excluding carboxylic acids is 1. The topological polar surface area (TPSA) is 87.4 Å². The lowest BCUT2D eigenvalue weighted by Gasteiger charge is -2.24. The second-order valence-electron chi connectivity index (χ2n) is 6.19. The summed E-state index contributed by atoms with van der Waals surface area (Å²) >= 11 is 0. The molecule has 0 aliphatic carbocycles. The number of aliphatic hydroxyl groups is 1. The Morgan fingerprint density at radius 1 is 1.33 bits per heavy atom. The van der Waals surface area contributed by atoms with Crippen molar-refractivity contribution >= 4 is 6.03 Å². The van der Waals surface area contributed by atoms with Crippen LogP contribution < -0.4 is 10.6 Å². The van der Waals surface area contributed by atoms with Gasteiger partial charge in [0.2, 0.25) is 0 Å². The van der Waals surface area contributed by atoms with Gasteiger partial charge in [-0.3, -0.25) is 0 Å². The third-order valence-electron chi connectivity index (χ3n) is 3.65. The summed E-state index contributed by atoms with van der Waals surface area (Å²) in [7, 11) is 0. The van der Waals surface area contributed by atoms with Crippen molar-refractivity contribution in [3.8, 4) is 0 Å². The lowest BCUT2D eigenvalue weighted by Crippen LogP contribution is -2.43. The number of hydrogen-bond acceptors (Lipinski definition) is 4. The predicted molar refractivity (Wildman–Crippen MR) is 86.8 cm³/mol. The molecule has 2 amide bonds. The Labute approximate surface area is 140 Å². The maximum absolute atomic E-state index is 12.9. The van der Waals surface area contributed by atoms with Gasteiger partial charge < -0.3 is 20.3 Å². The molecule has 0 radical (unpaired) electrons. The number of halogens is 1. The van der Waals surface area contributed by atoms with Gasteiger partial charge in [0.15, 0.2) is 5.76 Å². The molecule has 0 saturated heterocycles. The zero-order chi connectivity index (χ0) is 17.7. The number of hydrogen-bond donors (Lipinski definition) is 3. The van der Waals surface area contributed by atoms with Gasteiger partial charge in [0, 0.05) is 6.07 Å². The average Bonchev–Trinajstić information content (AvgIpc) is 3.01. The second-order valence-corrected chi connectivity index (χ2v) is 6.19. The molecule has 3 N–H and O–H groups in total. The smallest absolute Gasteiger partial charge is 0.315 e. The molecule has 1 atom stereocenters. The van der Waals surface area contributed by atoms with Crippen LogP contribution in [0.15, 0.2) is 34.9 Å². The van der Waals surface area contributed by atoms with E-state index in [1.165, 1.54) is 24.3 Å². The van der Waals surface area contributed by atoms with Crippen molar-refractivity contribution in [2.45, 2.75) is 38.8 Å². The summed E-state index contributed by atoms with van der Waals surface area (Å²) in [6, 6.07) is 6.84. The molecule has 0 spiro atoms. The van der Waals surface area contributed by atoms with Crippen LogP contribution in [0.1, 0.15) is 43.7 Å². The summed E-state index contributed by atoms with van der Waals surface area (Å²) < 4.78 is 18.1. The van der Waals surface area contributed by atoms with Crippen molar-refractivity contribution in [2.24, 2.45) is 0 Å². The summed E-state index contributed by atoms with van der Waals surface area (Å²) in [5.41, 5.74) is 0.0368. The minimum Gasteiger partial charge on any atom is -0.384 e. The number of aromatic nitrogens is 1. The van der Waals surface area contributed by atoms with E-state index >= 15 is 0 Å². The molecule has 0 aliphatic heterocycles. The highest BCUT2D eigenvalue weighted by Crippen LogP contribution is 2.19. The maximum atomic E-state index is 12.9. The quantitative estimate of drug-likeness (QED) is 0.757. The van der Waals surface area contributed by atoms with Crippen LogP contribution in [0.2, 0.25) is 0 Å². The average molecular weight is 335 g/mol. The second kappa shape index (κ2) is 7.44. The molecule has 7 heteroatoms. The molecule has 1 aromatic carbocycles. The standard InChI is InChI=1S/C17H22FN3O3/c1-11(2)15-8-14(24-21-15)9-19-16(22)20-10-17(3,23)12-4-6-13(18)7-5-12/h4-8,11,23H,9-10H2,1-3H3,(H2,19,20,22)/t17-/m0/s1. The van der Waals surface area contributed by atoms with E-state index in [4.69, 9.17) is 4.52 Å². The molecule has 0 saturated carbocycles. The summed E-state index contributed by atoms with van der Waals surface area (Å²) in [6.45, 7) is 5.73. The number of benzene rings is 1. The highest BCUT2D eigenvalue weighted by Gasteiger charge is 2.23. The molecule has 2 rings (SSSR count). The van der Waals surface area contributed by atoms with E-state index in [2.05, 4.69) is 15.8 Å². The van der Waals surface area contributed by atoms with E-state index in [1.54, 1.807) is 13.0 Å². The third kappa shape index (κ3) is 4.79. The summed E-state index contributed by atoms with van der Waals surface area (Å²) in [5.74, 6) is 0.425. The van der Waals surface area contributed by atoms with Gasteiger partial charge in [-0.1, -0.05) is 31.1 Å². The van der Waals surface area contributed by atoms with E-state index in [9.17, 15) is 14.3 Å². The highest BCUT2D eigenvalue weighted by molar-refractivity contribution is 5.73. The van der Waals surface area contributed by atoms with Crippen molar-refractivity contribution in [3.05, 3.63) is 53.2 Å². The van der Waals surface area contributed by atoms with Gasteiger partial charge >= 0.3 is 6.03 Å². The van der Waals surface area contributed by atoms with Crippen molar-refractivity contribution in [1.29, 1.82) is 0 Å². The Bertz CT molecular complexity index is 681. The minimum atomic E-state index is -1.30. The van der Waals surface area contributed by atoms with Crippen molar-refractivity contribution in [3.63, 3.8) is 0 Å². The molecular formula is C17H22FN3O3. The normalized spacial score (nSPS) is 13.6. The largest absolute Gasteiger partial charge is 0.384 e. The Morgan fingerprint density at radius 2 is 2.00 bits per heavy atom. The van der Waals surface area contributed by atoms with Crippen LogP contribution in [0, 0.1) is 5.82 Å². The molecule has 1 heterocycles. The molecular weight excluding hydrogens is 313 g/mol. The Balaban J connectivity index is 1.82. The van der Waals surface area contributed by atoms with E-state index in [1.807, 2.05) is 13.8 Å². The summed E-state index contributed by atoms with van der Waals surface area (Å²) in [5, 5.41) is 19.5. The van der Waals surface area contributed by atoms with Crippen LogP contribution >= 0.6 is 0 Å². The van der Waals surface area contributed by atoms with Crippen LogP contribution in [0.3, 0.4) is 0 Å². The minimum absolute atomic E-state index is 0.0158. The SMILES string of the molecule is CC(C)c1cc(CNC(=O)NC[C@](C)(O)c2ccc(F)cc2)on1. The number of nitrogens with zero attached hydrogens (tertiary/aromatic N) is 1. The number of amides is 2. The van der Waals surface area contributed by atoms with E-state index in [0.717, 1.165) is 5.69 Å². The molecule has 0 bridgehead atoms. The number of urea groups is 1. The molecule has 0 aliphatic rings. The Morgan fingerprint density at radius 3 is 2.58 bits per heavy atom. The molecule has 0 fully saturated rings. The highest BCUT2D eigenvalue weighted by atomic mass is 19.1. The first-order valence-corrected chi connectivity index (χ1v) is 7.73. The first-order chi connectivity index (χ1) is 11.3. The summed E-state index contributed by atoms with van der Waals surface area (Å²) in [6.07, 6.45) is 0. The molecule has 6 nitrogen and oxygen atoms in total. The monoisotopic (exact) mass is 335 g/mol. The van der Waals surface area contributed by atoms with Crippen LogP contribution in [0.25, 0.3) is 0 Å². The lowest BCUT2D eigenvalue weighted by molar-refractivity contribution is 0.0593. The van der Waals surface area contributed by atoms with Crippen molar-refractivity contribution in [2.75, 3.05) is 6.54 Å². The summed E-state index contributed by atoms with van der Waals surface area (Å²) in [4.78, 5) is 11.8. The van der Waals surface area contributed by atoms with Crippen LogP contribution in [0.4, 0.5) is 9.18 Å². The van der Waals surface area contributed by atoms with Gasteiger partial charge in [-0.2, -0.15) is 0 Å². The van der Waals surface area contributed by atoms with Crippen LogP contribution in [-0.4, -0.2) is 22.8 Å². The predicted octanol–water partition coefficient (Wildman–Crippen LogP) is 2.64. The van der Waals surface area contributed by atoms with E-state index in [-0.39, 0.29) is 24.8 Å². The molecule has 130 valence electrons. The van der Waals surface area contributed by atoms with Crippen LogP contribution in [-0.2, 0) is 12.1 Å². The number of rotatable bonds is 6. The number of carbonyl (C=O) groups is 1. The molecule has 2 aromatic rings. The van der Waals surface area contributed by atoms with Gasteiger partial charge in [-0.05, 0) is 30.5 Å². The van der Waals surface area contributed by atoms with Gasteiger partial charge in [-0.15, -0.1) is 0 Å². The van der Waals surface area contributed by atoms with Gasteiger partial charge in [0.05, 0.1) is 18.8 Å². The Hall–Kier alpha value is -2.41. The molecule has 0 unspecified atom stereocenters. The zero-order valence-corrected chi connectivity index (χ0v) is 14.0. The van der Waals surface area contributed by atoms with Crippen LogP contribution in [0.5, 0.6) is 0 Å². The molecule has 1 aromatic heterocycles. The van der Waals surface area contributed by atoms with E-state index in [0.29, 0.717) is 11.3 Å². The van der Waals surface area contributed by atoms with Crippen molar-refractivity contribution < 1.29 is 18.8 Å². The number of nitrogens with one attached hydrogen (secondary N) is 2. The molecule has 24 heavy (non-hydrogen) atoms. The fraction of sp³-hybridized carbons (Fsp3) is 0.412.